The monoisotopic (exact) mass is 136 g/mol. The molecule has 0 rings (SSSR count). The largest absolute Gasteiger partial charge is 0.390 e. The van der Waals surface area contributed by atoms with Gasteiger partial charge in [0.15, 0.2) is 12.0 Å². The highest BCUT2D eigenvalue weighted by Gasteiger charge is 2.20. The molecule has 0 spiro atoms. The zero-order valence-corrected chi connectivity index (χ0v) is 5.04. The minimum atomic E-state index is -1.95. The van der Waals surface area contributed by atoms with E-state index in [1.54, 1.807) is 0 Å². The second-order valence-electron chi connectivity index (χ2n) is 1.77. The number of hydrogen-bond donors (Lipinski definition) is 2. The molecule has 0 aromatic rings. The molecular weight excluding hydrogens is 127 g/mol. The quantitative estimate of drug-likeness (QED) is 0.537. The highest BCUT2D eigenvalue weighted by Crippen LogP contribution is 1.98. The zero-order valence-electron chi connectivity index (χ0n) is 5.04. The molecule has 0 aromatic carbocycles. The number of carbonyl (C=O) groups is 1. The topological polar surface area (TPSA) is 57.5 Å². The van der Waals surface area contributed by atoms with Crippen molar-refractivity contribution in [3.05, 3.63) is 0 Å². The van der Waals surface area contributed by atoms with Crippen LogP contribution in [0, 0.1) is 0 Å². The normalized spacial score (nSPS) is 16.9. The molecule has 0 aliphatic carbocycles. The summed E-state index contributed by atoms with van der Waals surface area (Å²) in [7, 11) is 0. The van der Waals surface area contributed by atoms with E-state index in [4.69, 9.17) is 10.2 Å². The fraction of sp³-hybridized carbons (Fsp3) is 0.800. The predicted octanol–water partition coefficient (Wildman–Crippen LogP) is -0.733. The molecule has 2 N–H and O–H groups in total. The van der Waals surface area contributed by atoms with Gasteiger partial charge in [-0.1, -0.05) is 0 Å². The van der Waals surface area contributed by atoms with Gasteiger partial charge in [0.05, 0.1) is 6.10 Å². The highest BCUT2D eigenvalue weighted by molar-refractivity contribution is 5.84. The summed E-state index contributed by atoms with van der Waals surface area (Å²) in [4.78, 5) is 10.2. The van der Waals surface area contributed by atoms with E-state index in [9.17, 15) is 9.18 Å². The first-order valence-corrected chi connectivity index (χ1v) is 2.55. The molecule has 4 heteroatoms. The molecule has 3 nitrogen and oxygen atoms in total. The summed E-state index contributed by atoms with van der Waals surface area (Å²) < 4.78 is 12.2. The first kappa shape index (κ1) is 8.52. The number of aliphatic hydroxyl groups is 2. The molecule has 0 amide bonds. The van der Waals surface area contributed by atoms with E-state index in [2.05, 4.69) is 0 Å². The Balaban J connectivity index is 3.72. The second kappa shape index (κ2) is 3.53. The van der Waals surface area contributed by atoms with Gasteiger partial charge < -0.3 is 10.2 Å². The lowest BCUT2D eigenvalue weighted by Gasteiger charge is -2.06. The molecule has 2 atom stereocenters. The van der Waals surface area contributed by atoms with Gasteiger partial charge in [-0.25, -0.2) is 4.39 Å². The summed E-state index contributed by atoms with van der Waals surface area (Å²) in [5.74, 6) is -0.981. The molecule has 0 saturated carbocycles. The molecule has 54 valence electrons. The fourth-order valence-electron chi connectivity index (χ4n) is 0.356. The van der Waals surface area contributed by atoms with Crippen molar-refractivity contribution in [3.8, 4) is 0 Å². The minimum Gasteiger partial charge on any atom is -0.390 e. The van der Waals surface area contributed by atoms with Gasteiger partial charge in [0.25, 0.3) is 0 Å². The van der Waals surface area contributed by atoms with Crippen LogP contribution in [0.4, 0.5) is 4.39 Å². The third kappa shape index (κ3) is 2.53. The number of Topliss-reactive ketones (excluding diaryl/α,β-unsaturated/α-hetero) is 1. The van der Waals surface area contributed by atoms with Crippen molar-refractivity contribution in [1.82, 2.24) is 0 Å². The molecule has 0 aliphatic rings. The van der Waals surface area contributed by atoms with E-state index in [0.29, 0.717) is 0 Å². The number of aliphatic hydroxyl groups excluding tert-OH is 2. The summed E-state index contributed by atoms with van der Waals surface area (Å²) >= 11 is 0. The van der Waals surface area contributed by atoms with E-state index >= 15 is 0 Å². The van der Waals surface area contributed by atoms with Gasteiger partial charge in [0.1, 0.15) is 6.61 Å². The van der Waals surface area contributed by atoms with Crippen molar-refractivity contribution >= 4 is 5.78 Å². The number of carbonyl (C=O) groups excluding carboxylic acids is 1. The van der Waals surface area contributed by atoms with Crippen LogP contribution in [-0.4, -0.2) is 34.9 Å². The summed E-state index contributed by atoms with van der Waals surface area (Å²) in [6, 6.07) is 0. The molecule has 0 radical (unpaired) electrons. The number of ketones is 1. The van der Waals surface area contributed by atoms with E-state index in [-0.39, 0.29) is 0 Å². The maximum Gasteiger partial charge on any atom is 0.194 e. The Labute approximate surface area is 52.1 Å². The Bertz CT molecular complexity index is 102. The van der Waals surface area contributed by atoms with Crippen LogP contribution in [0.5, 0.6) is 0 Å². The lowest BCUT2D eigenvalue weighted by Crippen LogP contribution is -2.29. The summed E-state index contributed by atoms with van der Waals surface area (Å²) in [5, 5.41) is 16.5. The minimum absolute atomic E-state index is 0.855. The van der Waals surface area contributed by atoms with Crippen LogP contribution in [0.3, 0.4) is 0 Å². The fourth-order valence-corrected chi connectivity index (χ4v) is 0.356. The average molecular weight is 136 g/mol. The first-order valence-electron chi connectivity index (χ1n) is 2.55. The zero-order chi connectivity index (χ0) is 7.44. The van der Waals surface area contributed by atoms with Gasteiger partial charge in [-0.2, -0.15) is 0 Å². The van der Waals surface area contributed by atoms with E-state index in [0.717, 1.165) is 6.92 Å². The summed E-state index contributed by atoms with van der Waals surface area (Å²) in [6.07, 6.45) is -3.28. The lowest BCUT2D eigenvalue weighted by atomic mass is 10.2. The van der Waals surface area contributed by atoms with Gasteiger partial charge in [-0.3, -0.25) is 4.79 Å². The van der Waals surface area contributed by atoms with Crippen LogP contribution in [-0.2, 0) is 4.79 Å². The van der Waals surface area contributed by atoms with Crippen molar-refractivity contribution in [1.29, 1.82) is 0 Å². The molecule has 0 fully saturated rings. The molecule has 9 heavy (non-hydrogen) atoms. The second-order valence-corrected chi connectivity index (χ2v) is 1.77. The third-order valence-corrected chi connectivity index (χ3v) is 0.887. The van der Waals surface area contributed by atoms with E-state index < -0.39 is 24.7 Å². The molecule has 0 bridgehead atoms. The molecule has 0 saturated heterocycles. The number of rotatable bonds is 3. The van der Waals surface area contributed by atoms with Crippen molar-refractivity contribution in [2.24, 2.45) is 0 Å². The SMILES string of the molecule is CC(O)C(F)C(=O)CO. The van der Waals surface area contributed by atoms with Crippen molar-refractivity contribution in [3.63, 3.8) is 0 Å². The number of hydrogen-bond acceptors (Lipinski definition) is 3. The Kier molecular flexibility index (Phi) is 3.34. The predicted molar refractivity (Wildman–Crippen MR) is 28.7 cm³/mol. The Morgan fingerprint density at radius 2 is 2.22 bits per heavy atom. The standard InChI is InChI=1S/C5H9FO3/c1-3(8)5(6)4(9)2-7/h3,5,7-8H,2H2,1H3. The molecular formula is C5H9FO3. The summed E-state index contributed by atoms with van der Waals surface area (Å²) in [5.41, 5.74) is 0. The maximum absolute atomic E-state index is 12.2. The molecule has 0 aromatic heterocycles. The van der Waals surface area contributed by atoms with Gasteiger partial charge in [-0.15, -0.1) is 0 Å². The third-order valence-electron chi connectivity index (χ3n) is 0.887. The Morgan fingerprint density at radius 1 is 1.78 bits per heavy atom. The van der Waals surface area contributed by atoms with Crippen LogP contribution >= 0.6 is 0 Å². The van der Waals surface area contributed by atoms with Gasteiger partial charge in [0, 0.05) is 0 Å². The van der Waals surface area contributed by atoms with E-state index in [1.165, 1.54) is 0 Å². The van der Waals surface area contributed by atoms with Crippen molar-refractivity contribution in [2.45, 2.75) is 19.2 Å². The molecule has 0 heterocycles. The van der Waals surface area contributed by atoms with Crippen LogP contribution in [0.1, 0.15) is 6.92 Å². The molecule has 2 unspecified atom stereocenters. The Hall–Kier alpha value is -0.480. The highest BCUT2D eigenvalue weighted by atomic mass is 19.1. The van der Waals surface area contributed by atoms with E-state index in [1.807, 2.05) is 0 Å². The summed E-state index contributed by atoms with van der Waals surface area (Å²) in [6.45, 7) is 0.296. The average Bonchev–Trinajstić information content (AvgIpc) is 1.84. The van der Waals surface area contributed by atoms with Crippen molar-refractivity contribution in [2.75, 3.05) is 6.61 Å². The Morgan fingerprint density at radius 3 is 2.33 bits per heavy atom. The molecule has 0 aliphatic heterocycles. The van der Waals surface area contributed by atoms with Crippen molar-refractivity contribution < 1.29 is 19.4 Å². The number of halogens is 1. The van der Waals surface area contributed by atoms with Gasteiger partial charge in [-0.05, 0) is 6.92 Å². The van der Waals surface area contributed by atoms with Crippen LogP contribution in [0.15, 0.2) is 0 Å². The van der Waals surface area contributed by atoms with Crippen LogP contribution in [0.2, 0.25) is 0 Å². The lowest BCUT2D eigenvalue weighted by molar-refractivity contribution is -0.130. The maximum atomic E-state index is 12.2. The van der Waals surface area contributed by atoms with Gasteiger partial charge in [0.2, 0.25) is 0 Å². The smallest absolute Gasteiger partial charge is 0.194 e. The van der Waals surface area contributed by atoms with Crippen LogP contribution in [0.25, 0.3) is 0 Å². The first-order chi connectivity index (χ1) is 4.09. The number of alkyl halides is 1. The van der Waals surface area contributed by atoms with Crippen LogP contribution < -0.4 is 0 Å². The van der Waals surface area contributed by atoms with Gasteiger partial charge >= 0.3 is 0 Å².